The summed E-state index contributed by atoms with van der Waals surface area (Å²) in [6, 6.07) is 12.8. The van der Waals surface area contributed by atoms with E-state index in [1.165, 1.54) is 4.90 Å². The van der Waals surface area contributed by atoms with Crippen LogP contribution in [0.2, 0.25) is 0 Å². The van der Waals surface area contributed by atoms with Gasteiger partial charge in [0.25, 0.3) is 0 Å². The van der Waals surface area contributed by atoms with Crippen LogP contribution >= 0.6 is 0 Å². The molecule has 0 aliphatic carbocycles. The minimum atomic E-state index is -0.946. The lowest BCUT2D eigenvalue weighted by Crippen LogP contribution is -2.42. The minimum Gasteiger partial charge on any atom is -0.396 e. The molecule has 30 heavy (non-hydrogen) atoms. The summed E-state index contributed by atoms with van der Waals surface area (Å²) in [5.74, 6) is -1.81. The van der Waals surface area contributed by atoms with E-state index in [1.54, 1.807) is 12.1 Å². The number of hydrogen-bond donors (Lipinski definition) is 1. The molecule has 3 aliphatic rings. The van der Waals surface area contributed by atoms with E-state index in [0.29, 0.717) is 28.4 Å². The molecule has 6 heteroatoms. The topological polar surface area (TPSA) is 90.6 Å². The molecule has 5 rings (SSSR count). The fourth-order valence-electron chi connectivity index (χ4n) is 5.65. The van der Waals surface area contributed by atoms with Gasteiger partial charge < -0.3 is 9.84 Å². The monoisotopic (exact) mass is 402 g/mol. The molecule has 0 saturated carbocycles. The zero-order valence-electron chi connectivity index (χ0n) is 16.7. The molecule has 0 aromatic heterocycles. The first-order valence-corrected chi connectivity index (χ1v) is 10.3. The van der Waals surface area contributed by atoms with Crippen LogP contribution in [0.5, 0.6) is 0 Å². The maximum atomic E-state index is 13.7. The van der Waals surface area contributed by atoms with Gasteiger partial charge >= 0.3 is 0 Å². The summed E-state index contributed by atoms with van der Waals surface area (Å²) in [4.78, 5) is 28.6. The number of carbonyl (C=O) groups is 2. The second-order valence-corrected chi connectivity index (χ2v) is 8.33. The van der Waals surface area contributed by atoms with Crippen molar-refractivity contribution < 1.29 is 19.4 Å². The van der Waals surface area contributed by atoms with Gasteiger partial charge in [0.05, 0.1) is 29.2 Å². The number of anilines is 1. The average Bonchev–Trinajstić information content (AvgIpc) is 3.34. The Bertz CT molecular complexity index is 1110. The lowest BCUT2D eigenvalue weighted by molar-refractivity contribution is -0.130. The summed E-state index contributed by atoms with van der Waals surface area (Å²) in [6.07, 6.45) is 5.53. The van der Waals surface area contributed by atoms with Crippen molar-refractivity contribution in [2.24, 2.45) is 11.8 Å². The quantitative estimate of drug-likeness (QED) is 0.613. The molecule has 2 fully saturated rings. The number of carbonyl (C=O) groups excluding carboxylic acids is 2. The summed E-state index contributed by atoms with van der Waals surface area (Å²) in [6.45, 7) is 1.90. The standard InChI is InChI=1S/C24H22N2O4/c1-2-9-23-10-11-24(30-23,12-13-27)20-19(23)21(28)26(22(20)29)18-8-7-15(14-25)16-5-3-4-6-17(16)18/h3-8,10-11,19-20,27H,2,9,12-13H2,1H3/t19-,20+,23?,24?/m0/s1. The highest BCUT2D eigenvalue weighted by atomic mass is 16.5. The van der Waals surface area contributed by atoms with Gasteiger partial charge in [0, 0.05) is 23.8 Å². The third kappa shape index (κ3) is 2.25. The average molecular weight is 402 g/mol. The number of ether oxygens (including phenoxy) is 1. The molecule has 0 spiro atoms. The van der Waals surface area contributed by atoms with E-state index in [0.717, 1.165) is 6.42 Å². The second kappa shape index (κ2) is 6.49. The Morgan fingerprint density at radius 3 is 2.27 bits per heavy atom. The van der Waals surface area contributed by atoms with Crippen molar-refractivity contribution in [1.29, 1.82) is 5.26 Å². The Hall–Kier alpha value is -3.01. The van der Waals surface area contributed by atoms with E-state index in [2.05, 4.69) is 6.07 Å². The fraction of sp³-hybridized carbons (Fsp3) is 0.375. The van der Waals surface area contributed by atoms with Crippen LogP contribution in [0.3, 0.4) is 0 Å². The maximum absolute atomic E-state index is 13.7. The van der Waals surface area contributed by atoms with Crippen molar-refractivity contribution >= 4 is 28.3 Å². The van der Waals surface area contributed by atoms with E-state index >= 15 is 0 Å². The Labute approximate surface area is 174 Å². The van der Waals surface area contributed by atoms with Crippen molar-refractivity contribution in [3.63, 3.8) is 0 Å². The third-order valence-electron chi connectivity index (χ3n) is 6.79. The van der Waals surface area contributed by atoms with Crippen molar-refractivity contribution in [1.82, 2.24) is 0 Å². The fourth-order valence-corrected chi connectivity index (χ4v) is 5.65. The zero-order valence-corrected chi connectivity index (χ0v) is 16.7. The van der Waals surface area contributed by atoms with Crippen LogP contribution in [-0.2, 0) is 14.3 Å². The largest absolute Gasteiger partial charge is 0.396 e. The van der Waals surface area contributed by atoms with Crippen molar-refractivity contribution in [2.75, 3.05) is 11.5 Å². The number of imide groups is 1. The molecule has 2 saturated heterocycles. The number of benzene rings is 2. The van der Waals surface area contributed by atoms with Crippen LogP contribution in [0.15, 0.2) is 48.6 Å². The highest BCUT2D eigenvalue weighted by molar-refractivity contribution is 6.26. The van der Waals surface area contributed by atoms with Gasteiger partial charge in [0.15, 0.2) is 0 Å². The Balaban J connectivity index is 1.67. The summed E-state index contributed by atoms with van der Waals surface area (Å²) < 4.78 is 6.36. The molecular formula is C24H22N2O4. The number of amides is 2. The molecule has 2 aromatic rings. The molecule has 4 atom stereocenters. The highest BCUT2D eigenvalue weighted by Crippen LogP contribution is 2.60. The molecule has 152 valence electrons. The first-order chi connectivity index (χ1) is 14.5. The van der Waals surface area contributed by atoms with Gasteiger partial charge in [-0.1, -0.05) is 49.8 Å². The second-order valence-electron chi connectivity index (χ2n) is 8.33. The Morgan fingerprint density at radius 1 is 1.03 bits per heavy atom. The van der Waals surface area contributed by atoms with Gasteiger partial charge in [-0.05, 0) is 18.6 Å². The first-order valence-electron chi connectivity index (χ1n) is 10.3. The van der Waals surface area contributed by atoms with Gasteiger partial charge in [-0.2, -0.15) is 5.26 Å². The summed E-state index contributed by atoms with van der Waals surface area (Å²) >= 11 is 0. The lowest BCUT2D eigenvalue weighted by atomic mass is 9.69. The van der Waals surface area contributed by atoms with E-state index in [9.17, 15) is 20.0 Å². The predicted octanol–water partition coefficient (Wildman–Crippen LogP) is 3.08. The Morgan fingerprint density at radius 2 is 1.67 bits per heavy atom. The number of aliphatic hydroxyl groups excluding tert-OH is 1. The van der Waals surface area contributed by atoms with Crippen LogP contribution in [0, 0.1) is 23.2 Å². The van der Waals surface area contributed by atoms with Crippen LogP contribution in [0.1, 0.15) is 31.7 Å². The van der Waals surface area contributed by atoms with Gasteiger partial charge in [-0.25, -0.2) is 4.90 Å². The van der Waals surface area contributed by atoms with E-state index in [1.807, 2.05) is 43.3 Å². The summed E-state index contributed by atoms with van der Waals surface area (Å²) in [5, 5.41) is 20.5. The highest BCUT2D eigenvalue weighted by Gasteiger charge is 2.72. The Kier molecular flexibility index (Phi) is 4.11. The van der Waals surface area contributed by atoms with E-state index in [4.69, 9.17) is 4.74 Å². The van der Waals surface area contributed by atoms with Crippen LogP contribution in [0.25, 0.3) is 10.8 Å². The number of nitriles is 1. The first kappa shape index (κ1) is 19.0. The summed E-state index contributed by atoms with van der Waals surface area (Å²) in [7, 11) is 0. The smallest absolute Gasteiger partial charge is 0.241 e. The molecule has 2 amide bonds. The SMILES string of the molecule is CCCC12C=CC(CCO)(O1)[C@H]1C(=O)N(c3ccc(C#N)c4ccccc34)C(=O)[C@H]12. The normalized spacial score (nSPS) is 31.6. The number of aliphatic hydroxyl groups is 1. The molecule has 0 radical (unpaired) electrons. The van der Waals surface area contributed by atoms with Crippen molar-refractivity contribution in [2.45, 2.75) is 37.4 Å². The van der Waals surface area contributed by atoms with Crippen molar-refractivity contribution in [3.8, 4) is 6.07 Å². The van der Waals surface area contributed by atoms with Gasteiger partial charge in [0.1, 0.15) is 11.2 Å². The molecule has 6 nitrogen and oxygen atoms in total. The molecule has 2 unspecified atom stereocenters. The van der Waals surface area contributed by atoms with Crippen LogP contribution in [0.4, 0.5) is 5.69 Å². The number of nitrogens with zero attached hydrogens (tertiary/aromatic N) is 2. The van der Waals surface area contributed by atoms with Crippen LogP contribution < -0.4 is 4.90 Å². The summed E-state index contributed by atoms with van der Waals surface area (Å²) in [5.41, 5.74) is -0.756. The predicted molar refractivity (Wildman–Crippen MR) is 110 cm³/mol. The van der Waals surface area contributed by atoms with Gasteiger partial charge in [-0.3, -0.25) is 9.59 Å². The van der Waals surface area contributed by atoms with Gasteiger partial charge in [0.2, 0.25) is 11.8 Å². The minimum absolute atomic E-state index is 0.128. The van der Waals surface area contributed by atoms with E-state index < -0.39 is 23.0 Å². The molecule has 3 aliphatic heterocycles. The van der Waals surface area contributed by atoms with Gasteiger partial charge in [-0.15, -0.1) is 0 Å². The van der Waals surface area contributed by atoms with Crippen LogP contribution in [-0.4, -0.2) is 34.7 Å². The van der Waals surface area contributed by atoms with E-state index in [-0.39, 0.29) is 24.8 Å². The maximum Gasteiger partial charge on any atom is 0.241 e. The number of hydrogen-bond acceptors (Lipinski definition) is 5. The number of rotatable bonds is 5. The molecular weight excluding hydrogens is 380 g/mol. The zero-order chi connectivity index (χ0) is 21.1. The van der Waals surface area contributed by atoms with Crippen molar-refractivity contribution in [3.05, 3.63) is 54.1 Å². The lowest BCUT2D eigenvalue weighted by Gasteiger charge is -2.30. The molecule has 1 N–H and O–H groups in total. The molecule has 3 heterocycles. The number of fused-ring (bicyclic) bond motifs is 6. The molecule has 2 aromatic carbocycles. The third-order valence-corrected chi connectivity index (χ3v) is 6.79. The molecule has 2 bridgehead atoms.